The number of nitrogens with two attached hydrogens (primary N) is 2. The van der Waals surface area contributed by atoms with Crippen molar-refractivity contribution in [2.75, 3.05) is 17.8 Å². The van der Waals surface area contributed by atoms with Gasteiger partial charge < -0.3 is 32.5 Å². The van der Waals surface area contributed by atoms with Crippen molar-refractivity contribution in [1.29, 1.82) is 0 Å². The molecule has 4 amide bonds. The second-order valence-electron chi connectivity index (χ2n) is 7.27. The summed E-state index contributed by atoms with van der Waals surface area (Å²) >= 11 is 5.45. The molecule has 0 heterocycles. The lowest BCUT2D eigenvalue weighted by molar-refractivity contribution is -0.143. The topological polar surface area (TPSA) is 194 Å². The molecule has 0 aliphatic heterocycles. The van der Waals surface area contributed by atoms with E-state index in [9.17, 15) is 29.1 Å². The smallest absolute Gasteiger partial charge is 0.326 e. The SMILES string of the molecule is CSCCC(NC(=O)C(N)CS)C(=O)NC(C(=O)NC(CCC(N)=O)C(=O)O)C(C)C. The highest BCUT2D eigenvalue weighted by atomic mass is 32.2. The van der Waals surface area contributed by atoms with Crippen LogP contribution in [0.2, 0.25) is 0 Å². The second kappa shape index (κ2) is 14.9. The Labute approximate surface area is 191 Å². The van der Waals surface area contributed by atoms with Crippen LogP contribution < -0.4 is 27.4 Å². The first kappa shape index (κ1) is 29.0. The molecule has 8 N–H and O–H groups in total. The van der Waals surface area contributed by atoms with Crippen LogP contribution in [0, 0.1) is 5.92 Å². The number of amides is 4. The van der Waals surface area contributed by atoms with E-state index in [0.29, 0.717) is 12.2 Å². The van der Waals surface area contributed by atoms with E-state index < -0.39 is 53.8 Å². The van der Waals surface area contributed by atoms with Gasteiger partial charge in [0.05, 0.1) is 6.04 Å². The summed E-state index contributed by atoms with van der Waals surface area (Å²) in [6.45, 7) is 3.35. The number of carbonyl (C=O) groups excluding carboxylic acids is 4. The maximum atomic E-state index is 12.8. The number of thioether (sulfide) groups is 1. The van der Waals surface area contributed by atoms with Gasteiger partial charge in [-0.15, -0.1) is 0 Å². The maximum Gasteiger partial charge on any atom is 0.326 e. The Bertz CT molecular complexity index is 649. The van der Waals surface area contributed by atoms with Gasteiger partial charge in [-0.2, -0.15) is 24.4 Å². The van der Waals surface area contributed by atoms with Gasteiger partial charge in [-0.25, -0.2) is 4.79 Å². The molecule has 0 aliphatic rings. The summed E-state index contributed by atoms with van der Waals surface area (Å²) in [6.07, 6.45) is 1.76. The lowest BCUT2D eigenvalue weighted by Crippen LogP contribution is -2.58. The number of thiol groups is 1. The number of nitrogens with one attached hydrogen (secondary N) is 3. The zero-order valence-corrected chi connectivity index (χ0v) is 19.6. The summed E-state index contributed by atoms with van der Waals surface area (Å²) in [5.74, 6) is -3.59. The van der Waals surface area contributed by atoms with Crippen LogP contribution in [0.4, 0.5) is 0 Å². The Morgan fingerprint density at radius 3 is 2.00 bits per heavy atom. The van der Waals surface area contributed by atoms with E-state index in [-0.39, 0.29) is 24.5 Å². The first-order valence-corrected chi connectivity index (χ1v) is 11.7. The molecule has 0 radical (unpaired) electrons. The molecule has 0 aromatic carbocycles. The Morgan fingerprint density at radius 1 is 0.968 bits per heavy atom. The highest BCUT2D eigenvalue weighted by Gasteiger charge is 2.31. The number of rotatable bonds is 15. The van der Waals surface area contributed by atoms with E-state index in [1.54, 1.807) is 13.8 Å². The van der Waals surface area contributed by atoms with Gasteiger partial charge in [-0.1, -0.05) is 13.8 Å². The third-order valence-corrected chi connectivity index (χ3v) is 5.36. The molecule has 0 fully saturated rings. The molecule has 0 aromatic heterocycles. The highest BCUT2D eigenvalue weighted by molar-refractivity contribution is 7.98. The maximum absolute atomic E-state index is 12.8. The Balaban J connectivity index is 5.32. The molecule has 31 heavy (non-hydrogen) atoms. The predicted octanol–water partition coefficient (Wildman–Crippen LogP) is -1.54. The summed E-state index contributed by atoms with van der Waals surface area (Å²) in [6, 6.07) is -4.21. The van der Waals surface area contributed by atoms with E-state index in [0.717, 1.165) is 0 Å². The monoisotopic (exact) mass is 479 g/mol. The lowest BCUT2D eigenvalue weighted by Gasteiger charge is -2.27. The van der Waals surface area contributed by atoms with Crippen LogP contribution >= 0.6 is 24.4 Å². The fraction of sp³-hybridized carbons (Fsp3) is 0.722. The number of primary amides is 1. The predicted molar refractivity (Wildman–Crippen MR) is 122 cm³/mol. The normalized spacial score (nSPS) is 14.8. The molecule has 0 saturated heterocycles. The van der Waals surface area contributed by atoms with Crippen LogP contribution in [0.25, 0.3) is 0 Å². The molecule has 0 rings (SSSR count). The summed E-state index contributed by atoms with van der Waals surface area (Å²) in [5.41, 5.74) is 10.7. The van der Waals surface area contributed by atoms with Gasteiger partial charge in [0, 0.05) is 12.2 Å². The van der Waals surface area contributed by atoms with Crippen LogP contribution in [-0.4, -0.2) is 76.6 Å². The standard InChI is InChI=1S/C18H33N5O6S2/c1-9(2)14(17(27)22-12(18(28)29)4-5-13(20)24)23-16(26)11(6-7-31-3)21-15(25)10(19)8-30/h9-12,14,30H,4-8,19H2,1-3H3,(H2,20,24)(H,21,25)(H,22,27)(H,23,26)(H,28,29). The van der Waals surface area contributed by atoms with E-state index in [1.165, 1.54) is 11.8 Å². The van der Waals surface area contributed by atoms with Gasteiger partial charge in [0.1, 0.15) is 18.1 Å². The van der Waals surface area contributed by atoms with Gasteiger partial charge >= 0.3 is 5.97 Å². The van der Waals surface area contributed by atoms with Gasteiger partial charge in [0.15, 0.2) is 0 Å². The zero-order chi connectivity index (χ0) is 24.1. The number of carboxylic acid groups (broad SMARTS) is 1. The Kier molecular flexibility index (Phi) is 14.0. The first-order valence-electron chi connectivity index (χ1n) is 9.72. The Morgan fingerprint density at radius 2 is 1.55 bits per heavy atom. The van der Waals surface area contributed by atoms with Gasteiger partial charge in [0.2, 0.25) is 23.6 Å². The fourth-order valence-electron chi connectivity index (χ4n) is 2.46. The molecule has 0 aromatic rings. The number of carboxylic acids is 1. The van der Waals surface area contributed by atoms with Gasteiger partial charge in [0.25, 0.3) is 0 Å². The average molecular weight is 480 g/mol. The average Bonchev–Trinajstić information content (AvgIpc) is 2.70. The van der Waals surface area contributed by atoms with Crippen molar-refractivity contribution >= 4 is 54.0 Å². The molecule has 0 saturated carbocycles. The number of aliphatic carboxylic acids is 1. The van der Waals surface area contributed by atoms with E-state index >= 15 is 0 Å². The van der Waals surface area contributed by atoms with Crippen molar-refractivity contribution < 1.29 is 29.1 Å². The number of hydrogen-bond donors (Lipinski definition) is 7. The van der Waals surface area contributed by atoms with Crippen molar-refractivity contribution in [3.05, 3.63) is 0 Å². The number of hydrogen-bond acceptors (Lipinski definition) is 8. The van der Waals surface area contributed by atoms with Crippen molar-refractivity contribution in [2.24, 2.45) is 17.4 Å². The molecular weight excluding hydrogens is 446 g/mol. The van der Waals surface area contributed by atoms with Crippen LogP contribution in [0.5, 0.6) is 0 Å². The van der Waals surface area contributed by atoms with E-state index in [2.05, 4.69) is 28.6 Å². The lowest BCUT2D eigenvalue weighted by atomic mass is 10.0. The molecular formula is C18H33N5O6S2. The van der Waals surface area contributed by atoms with Crippen LogP contribution in [0.3, 0.4) is 0 Å². The van der Waals surface area contributed by atoms with E-state index in [1.807, 2.05) is 6.26 Å². The quantitative estimate of drug-likeness (QED) is 0.137. The van der Waals surface area contributed by atoms with Crippen LogP contribution in [-0.2, 0) is 24.0 Å². The van der Waals surface area contributed by atoms with E-state index in [4.69, 9.17) is 11.5 Å². The minimum absolute atomic E-state index is 0.0988. The minimum Gasteiger partial charge on any atom is -0.480 e. The van der Waals surface area contributed by atoms with Gasteiger partial charge in [-0.3, -0.25) is 19.2 Å². The summed E-state index contributed by atoms with van der Waals surface area (Å²) < 4.78 is 0. The fourth-order valence-corrected chi connectivity index (χ4v) is 3.10. The second-order valence-corrected chi connectivity index (χ2v) is 8.62. The number of carbonyl (C=O) groups is 5. The minimum atomic E-state index is -1.33. The molecule has 11 nitrogen and oxygen atoms in total. The summed E-state index contributed by atoms with van der Waals surface area (Å²) in [4.78, 5) is 59.9. The van der Waals surface area contributed by atoms with Crippen LogP contribution in [0.15, 0.2) is 0 Å². The van der Waals surface area contributed by atoms with Crippen molar-refractivity contribution in [1.82, 2.24) is 16.0 Å². The molecule has 178 valence electrons. The molecule has 0 spiro atoms. The molecule has 4 unspecified atom stereocenters. The Hall–Kier alpha value is -1.99. The van der Waals surface area contributed by atoms with Crippen LogP contribution in [0.1, 0.15) is 33.1 Å². The largest absolute Gasteiger partial charge is 0.480 e. The molecule has 0 bridgehead atoms. The first-order chi connectivity index (χ1) is 14.4. The highest BCUT2D eigenvalue weighted by Crippen LogP contribution is 2.08. The van der Waals surface area contributed by atoms with Gasteiger partial charge in [-0.05, 0) is 30.8 Å². The van der Waals surface area contributed by atoms with Crippen molar-refractivity contribution in [2.45, 2.75) is 57.3 Å². The summed E-state index contributed by atoms with van der Waals surface area (Å²) in [7, 11) is 0. The zero-order valence-electron chi connectivity index (χ0n) is 17.9. The molecule has 4 atom stereocenters. The van der Waals surface area contributed by atoms with Crippen molar-refractivity contribution in [3.8, 4) is 0 Å². The molecule has 0 aliphatic carbocycles. The van der Waals surface area contributed by atoms with Crippen molar-refractivity contribution in [3.63, 3.8) is 0 Å². The summed E-state index contributed by atoms with van der Waals surface area (Å²) in [5, 5.41) is 16.7. The third kappa shape index (κ3) is 11.3. The molecule has 13 heteroatoms. The third-order valence-electron chi connectivity index (χ3n) is 4.32.